The van der Waals surface area contributed by atoms with Gasteiger partial charge in [0.2, 0.25) is 0 Å². The van der Waals surface area contributed by atoms with Gasteiger partial charge < -0.3 is 14.2 Å². The molecule has 1 unspecified atom stereocenters. The molecule has 0 saturated carbocycles. The monoisotopic (exact) mass is 278 g/mol. The first kappa shape index (κ1) is 14.4. The van der Waals surface area contributed by atoms with Gasteiger partial charge in [0.25, 0.3) is 0 Å². The largest absolute Gasteiger partial charge is 0.493 e. The summed E-state index contributed by atoms with van der Waals surface area (Å²) in [4.78, 5) is 0. The van der Waals surface area contributed by atoms with Crippen molar-refractivity contribution in [2.24, 2.45) is 0 Å². The Hall–Kier alpha value is -0.640. The molecule has 96 valence electrons. The van der Waals surface area contributed by atoms with Gasteiger partial charge in [-0.25, -0.2) is 0 Å². The molecule has 0 N–H and O–H groups in total. The Labute approximate surface area is 112 Å². The Morgan fingerprint density at radius 1 is 1.29 bits per heavy atom. The van der Waals surface area contributed by atoms with Gasteiger partial charge in [-0.3, -0.25) is 0 Å². The van der Waals surface area contributed by atoms with E-state index in [0.717, 1.165) is 5.56 Å². The number of halogens is 2. The van der Waals surface area contributed by atoms with Crippen molar-refractivity contribution < 1.29 is 14.2 Å². The van der Waals surface area contributed by atoms with Gasteiger partial charge in [-0.1, -0.05) is 11.6 Å². The van der Waals surface area contributed by atoms with E-state index in [9.17, 15) is 0 Å². The molecule has 0 saturated heterocycles. The predicted molar refractivity (Wildman–Crippen MR) is 69.5 cm³/mol. The smallest absolute Gasteiger partial charge is 0.179 e. The first-order valence-electron chi connectivity index (χ1n) is 5.20. The van der Waals surface area contributed by atoms with Crippen molar-refractivity contribution in [1.82, 2.24) is 0 Å². The van der Waals surface area contributed by atoms with Crippen LogP contribution in [-0.2, 0) is 10.6 Å². The van der Waals surface area contributed by atoms with E-state index < -0.39 is 0 Å². The van der Waals surface area contributed by atoms with E-state index in [1.807, 2.05) is 13.0 Å². The van der Waals surface area contributed by atoms with Crippen molar-refractivity contribution in [3.8, 4) is 11.5 Å². The van der Waals surface area contributed by atoms with Crippen molar-refractivity contribution in [3.05, 3.63) is 22.7 Å². The molecule has 0 heterocycles. The van der Waals surface area contributed by atoms with Crippen LogP contribution in [0, 0.1) is 0 Å². The summed E-state index contributed by atoms with van der Waals surface area (Å²) in [6.07, 6.45) is -0.0107. The molecule has 0 bridgehead atoms. The number of hydrogen-bond donors (Lipinski definition) is 0. The molecule has 3 nitrogen and oxygen atoms in total. The molecular formula is C12H16Cl2O3. The Bertz CT molecular complexity index is 369. The molecular weight excluding hydrogens is 263 g/mol. The average Bonchev–Trinajstić information content (AvgIpc) is 2.35. The van der Waals surface area contributed by atoms with Crippen LogP contribution in [0.5, 0.6) is 11.5 Å². The zero-order valence-corrected chi connectivity index (χ0v) is 11.6. The lowest BCUT2D eigenvalue weighted by Gasteiger charge is -2.16. The molecule has 1 rings (SSSR count). The molecule has 1 aromatic carbocycles. The third-order valence-corrected chi connectivity index (χ3v) is 2.90. The maximum atomic E-state index is 6.11. The van der Waals surface area contributed by atoms with Crippen molar-refractivity contribution in [3.63, 3.8) is 0 Å². The summed E-state index contributed by atoms with van der Waals surface area (Å²) in [5.74, 6) is 1.48. The maximum absolute atomic E-state index is 6.11. The normalized spacial score (nSPS) is 12.3. The molecule has 0 aromatic heterocycles. The molecule has 0 amide bonds. The topological polar surface area (TPSA) is 27.7 Å². The van der Waals surface area contributed by atoms with E-state index in [1.165, 1.54) is 0 Å². The van der Waals surface area contributed by atoms with Gasteiger partial charge in [0.05, 0.1) is 18.2 Å². The zero-order valence-electron chi connectivity index (χ0n) is 10.1. The van der Waals surface area contributed by atoms with Crippen molar-refractivity contribution in [1.29, 1.82) is 0 Å². The quantitative estimate of drug-likeness (QED) is 0.746. The van der Waals surface area contributed by atoms with E-state index in [4.69, 9.17) is 37.4 Å². The minimum absolute atomic E-state index is 0.0107. The number of hydrogen-bond acceptors (Lipinski definition) is 3. The number of rotatable bonds is 6. The predicted octanol–water partition coefficient (Wildman–Crippen LogP) is 3.50. The van der Waals surface area contributed by atoms with Crippen molar-refractivity contribution in [2.75, 3.05) is 20.8 Å². The maximum Gasteiger partial charge on any atom is 0.179 e. The number of ether oxygens (including phenoxy) is 3. The Morgan fingerprint density at radius 2 is 2.00 bits per heavy atom. The van der Waals surface area contributed by atoms with Gasteiger partial charge >= 0.3 is 0 Å². The molecule has 0 fully saturated rings. The fraction of sp³-hybridized carbons (Fsp3) is 0.500. The van der Waals surface area contributed by atoms with Gasteiger partial charge in [-0.2, -0.15) is 0 Å². The van der Waals surface area contributed by atoms with Crippen LogP contribution in [0.1, 0.15) is 12.5 Å². The van der Waals surface area contributed by atoms with Crippen molar-refractivity contribution >= 4 is 23.2 Å². The third kappa shape index (κ3) is 3.95. The second-order valence-corrected chi connectivity index (χ2v) is 4.27. The van der Waals surface area contributed by atoms with Gasteiger partial charge in [0.1, 0.15) is 6.61 Å². The van der Waals surface area contributed by atoms with Crippen LogP contribution in [0.25, 0.3) is 0 Å². The van der Waals surface area contributed by atoms with E-state index in [2.05, 4.69) is 0 Å². The lowest BCUT2D eigenvalue weighted by molar-refractivity contribution is 0.0706. The molecule has 5 heteroatoms. The fourth-order valence-electron chi connectivity index (χ4n) is 1.26. The van der Waals surface area contributed by atoms with E-state index in [1.54, 1.807) is 20.3 Å². The molecule has 0 aliphatic rings. The minimum Gasteiger partial charge on any atom is -0.493 e. The lowest BCUT2D eigenvalue weighted by atomic mass is 10.2. The van der Waals surface area contributed by atoms with Crippen LogP contribution in [-0.4, -0.2) is 26.9 Å². The zero-order chi connectivity index (χ0) is 12.8. The Morgan fingerprint density at radius 3 is 2.53 bits per heavy atom. The lowest BCUT2D eigenvalue weighted by Crippen LogP contribution is -2.16. The Kier molecular flexibility index (Phi) is 5.89. The fourth-order valence-corrected chi connectivity index (χ4v) is 1.70. The molecule has 17 heavy (non-hydrogen) atoms. The summed E-state index contributed by atoms with van der Waals surface area (Å²) in [5, 5.41) is 0.489. The van der Waals surface area contributed by atoms with Gasteiger partial charge in [0, 0.05) is 13.0 Å². The van der Waals surface area contributed by atoms with E-state index in [0.29, 0.717) is 29.0 Å². The number of methoxy groups -OCH3 is 2. The first-order valence-corrected chi connectivity index (χ1v) is 6.11. The minimum atomic E-state index is -0.0107. The van der Waals surface area contributed by atoms with Crippen LogP contribution in [0.15, 0.2) is 12.1 Å². The summed E-state index contributed by atoms with van der Waals surface area (Å²) < 4.78 is 15.9. The third-order valence-electron chi connectivity index (χ3n) is 2.31. The highest BCUT2D eigenvalue weighted by molar-refractivity contribution is 6.32. The number of benzene rings is 1. The Balaban J connectivity index is 2.89. The molecule has 0 radical (unpaired) electrons. The highest BCUT2D eigenvalue weighted by atomic mass is 35.5. The summed E-state index contributed by atoms with van der Waals surface area (Å²) in [6, 6.07) is 3.58. The van der Waals surface area contributed by atoms with Crippen LogP contribution >= 0.6 is 23.2 Å². The van der Waals surface area contributed by atoms with E-state index in [-0.39, 0.29) is 6.10 Å². The second kappa shape index (κ2) is 6.94. The highest BCUT2D eigenvalue weighted by Gasteiger charge is 2.13. The SMILES string of the molecule is COc1cc(CCl)cc(Cl)c1OCC(C)OC. The average molecular weight is 279 g/mol. The summed E-state index contributed by atoms with van der Waals surface area (Å²) in [6.45, 7) is 2.32. The standard InChI is InChI=1S/C12H16Cl2O3/c1-8(15-2)7-17-12-10(14)4-9(6-13)5-11(12)16-3/h4-5,8H,6-7H2,1-3H3. The first-order chi connectivity index (χ1) is 8.12. The summed E-state index contributed by atoms with van der Waals surface area (Å²) in [7, 11) is 3.19. The summed E-state index contributed by atoms with van der Waals surface area (Å²) >= 11 is 11.9. The second-order valence-electron chi connectivity index (χ2n) is 3.60. The van der Waals surface area contributed by atoms with Gasteiger partial charge in [0.15, 0.2) is 11.5 Å². The van der Waals surface area contributed by atoms with Gasteiger partial charge in [-0.15, -0.1) is 11.6 Å². The van der Waals surface area contributed by atoms with Gasteiger partial charge in [-0.05, 0) is 24.6 Å². The molecule has 0 aliphatic heterocycles. The highest BCUT2D eigenvalue weighted by Crippen LogP contribution is 2.36. The van der Waals surface area contributed by atoms with Crippen molar-refractivity contribution in [2.45, 2.75) is 18.9 Å². The van der Waals surface area contributed by atoms with E-state index >= 15 is 0 Å². The van der Waals surface area contributed by atoms with Crippen LogP contribution < -0.4 is 9.47 Å². The molecule has 0 spiro atoms. The molecule has 1 atom stereocenters. The number of alkyl halides is 1. The molecule has 1 aromatic rings. The van der Waals surface area contributed by atoms with Crippen LogP contribution in [0.3, 0.4) is 0 Å². The molecule has 0 aliphatic carbocycles. The van der Waals surface area contributed by atoms with Crippen LogP contribution in [0.4, 0.5) is 0 Å². The van der Waals surface area contributed by atoms with Crippen LogP contribution in [0.2, 0.25) is 5.02 Å². The summed E-state index contributed by atoms with van der Waals surface area (Å²) in [5.41, 5.74) is 0.889.